The summed E-state index contributed by atoms with van der Waals surface area (Å²) in [4.78, 5) is 3.68. The van der Waals surface area contributed by atoms with Gasteiger partial charge in [-0.05, 0) is 36.8 Å². The molecule has 0 aliphatic rings. The first-order chi connectivity index (χ1) is 8.74. The highest BCUT2D eigenvalue weighted by Crippen LogP contribution is 2.17. The van der Waals surface area contributed by atoms with Gasteiger partial charge < -0.3 is 5.11 Å². The standard InChI is InChI=1S/C15H25NOS/c1-4-14(5-2)16(10-11-17)12-13-6-8-15(18-3)9-7-13/h6-9,14,17H,4-5,10-12H2,1-3H3. The minimum atomic E-state index is 0.236. The Bertz CT molecular complexity index is 322. The molecule has 0 aliphatic heterocycles. The summed E-state index contributed by atoms with van der Waals surface area (Å²) in [6.07, 6.45) is 4.37. The summed E-state index contributed by atoms with van der Waals surface area (Å²) in [6, 6.07) is 9.29. The molecule has 0 bridgehead atoms. The lowest BCUT2D eigenvalue weighted by atomic mass is 10.1. The molecular formula is C15H25NOS. The smallest absolute Gasteiger partial charge is 0.0558 e. The molecule has 2 nitrogen and oxygen atoms in total. The first-order valence-electron chi connectivity index (χ1n) is 6.72. The van der Waals surface area contributed by atoms with Crippen molar-refractivity contribution in [2.75, 3.05) is 19.4 Å². The number of benzene rings is 1. The number of aliphatic hydroxyl groups is 1. The highest BCUT2D eigenvalue weighted by molar-refractivity contribution is 7.98. The summed E-state index contributed by atoms with van der Waals surface area (Å²) in [5.41, 5.74) is 1.33. The minimum absolute atomic E-state index is 0.236. The third-order valence-electron chi connectivity index (χ3n) is 3.39. The van der Waals surface area contributed by atoms with Gasteiger partial charge in [0.05, 0.1) is 6.61 Å². The molecule has 0 radical (unpaired) electrons. The van der Waals surface area contributed by atoms with Crippen LogP contribution in [0.1, 0.15) is 32.3 Å². The van der Waals surface area contributed by atoms with E-state index in [1.54, 1.807) is 11.8 Å². The maximum atomic E-state index is 9.19. The van der Waals surface area contributed by atoms with Gasteiger partial charge in [-0.15, -0.1) is 11.8 Å². The van der Waals surface area contributed by atoms with Crippen molar-refractivity contribution in [1.82, 2.24) is 4.90 Å². The quantitative estimate of drug-likeness (QED) is 0.730. The molecule has 0 unspecified atom stereocenters. The first kappa shape index (κ1) is 15.5. The van der Waals surface area contributed by atoms with E-state index in [0.29, 0.717) is 6.04 Å². The lowest BCUT2D eigenvalue weighted by molar-refractivity contribution is 0.136. The van der Waals surface area contributed by atoms with E-state index >= 15 is 0 Å². The van der Waals surface area contributed by atoms with Crippen molar-refractivity contribution in [3.63, 3.8) is 0 Å². The van der Waals surface area contributed by atoms with Crippen LogP contribution in [0.15, 0.2) is 29.2 Å². The van der Waals surface area contributed by atoms with Gasteiger partial charge in [-0.2, -0.15) is 0 Å². The predicted octanol–water partition coefficient (Wildman–Crippen LogP) is 3.39. The lowest BCUT2D eigenvalue weighted by Gasteiger charge is -2.29. The van der Waals surface area contributed by atoms with Gasteiger partial charge in [-0.3, -0.25) is 4.90 Å². The summed E-state index contributed by atoms with van der Waals surface area (Å²) in [5, 5.41) is 9.19. The van der Waals surface area contributed by atoms with Crippen LogP contribution >= 0.6 is 11.8 Å². The first-order valence-corrected chi connectivity index (χ1v) is 7.95. The zero-order chi connectivity index (χ0) is 13.4. The fourth-order valence-electron chi connectivity index (χ4n) is 2.29. The number of hydrogen-bond donors (Lipinski definition) is 1. The minimum Gasteiger partial charge on any atom is -0.395 e. The van der Waals surface area contributed by atoms with Crippen LogP contribution in [0.2, 0.25) is 0 Å². The molecule has 0 aliphatic carbocycles. The molecule has 0 atom stereocenters. The van der Waals surface area contributed by atoms with Crippen molar-refractivity contribution in [3.8, 4) is 0 Å². The van der Waals surface area contributed by atoms with Crippen LogP contribution < -0.4 is 0 Å². The van der Waals surface area contributed by atoms with Gasteiger partial charge in [-0.25, -0.2) is 0 Å². The predicted molar refractivity (Wildman–Crippen MR) is 80.1 cm³/mol. The maximum absolute atomic E-state index is 9.19. The van der Waals surface area contributed by atoms with Gasteiger partial charge in [0.2, 0.25) is 0 Å². The molecule has 0 amide bonds. The number of thioether (sulfide) groups is 1. The Morgan fingerprint density at radius 1 is 1.17 bits per heavy atom. The Balaban J connectivity index is 2.69. The molecular weight excluding hydrogens is 242 g/mol. The fourth-order valence-corrected chi connectivity index (χ4v) is 2.70. The second-order valence-corrected chi connectivity index (χ2v) is 5.39. The fraction of sp³-hybridized carbons (Fsp3) is 0.600. The summed E-state index contributed by atoms with van der Waals surface area (Å²) in [7, 11) is 0. The van der Waals surface area contributed by atoms with Crippen LogP contribution in [-0.4, -0.2) is 35.5 Å². The molecule has 0 saturated heterocycles. The highest BCUT2D eigenvalue weighted by atomic mass is 32.2. The van der Waals surface area contributed by atoms with Gasteiger partial charge in [-0.1, -0.05) is 26.0 Å². The largest absolute Gasteiger partial charge is 0.395 e. The molecule has 0 spiro atoms. The van der Waals surface area contributed by atoms with E-state index < -0.39 is 0 Å². The molecule has 18 heavy (non-hydrogen) atoms. The highest BCUT2D eigenvalue weighted by Gasteiger charge is 2.14. The Labute approximate surface area is 115 Å². The third kappa shape index (κ3) is 4.63. The molecule has 1 N–H and O–H groups in total. The Morgan fingerprint density at radius 3 is 2.22 bits per heavy atom. The van der Waals surface area contributed by atoms with Crippen molar-refractivity contribution in [1.29, 1.82) is 0 Å². The monoisotopic (exact) mass is 267 g/mol. The van der Waals surface area contributed by atoms with Gasteiger partial charge >= 0.3 is 0 Å². The number of hydrogen-bond acceptors (Lipinski definition) is 3. The zero-order valence-electron chi connectivity index (χ0n) is 11.7. The molecule has 102 valence electrons. The van der Waals surface area contributed by atoms with Crippen LogP contribution in [0.25, 0.3) is 0 Å². The summed E-state index contributed by atoms with van der Waals surface area (Å²) < 4.78 is 0. The van der Waals surface area contributed by atoms with Crippen LogP contribution in [0.4, 0.5) is 0 Å². The topological polar surface area (TPSA) is 23.5 Å². The number of rotatable bonds is 8. The normalized spacial score (nSPS) is 11.4. The van der Waals surface area contributed by atoms with Gasteiger partial charge in [0.1, 0.15) is 0 Å². The van der Waals surface area contributed by atoms with Gasteiger partial charge in [0.25, 0.3) is 0 Å². The lowest BCUT2D eigenvalue weighted by Crippen LogP contribution is -2.36. The van der Waals surface area contributed by atoms with E-state index in [4.69, 9.17) is 0 Å². The molecule has 1 rings (SSSR count). The van der Waals surface area contributed by atoms with Crippen LogP contribution in [0.5, 0.6) is 0 Å². The van der Waals surface area contributed by atoms with E-state index in [9.17, 15) is 5.11 Å². The molecule has 0 aromatic heterocycles. The Kier molecular flexibility index (Phi) is 7.40. The zero-order valence-corrected chi connectivity index (χ0v) is 12.5. The van der Waals surface area contributed by atoms with Crippen molar-refractivity contribution < 1.29 is 5.11 Å². The summed E-state index contributed by atoms with van der Waals surface area (Å²) in [5.74, 6) is 0. The van der Waals surface area contributed by atoms with E-state index in [2.05, 4.69) is 49.3 Å². The van der Waals surface area contributed by atoms with Crippen molar-refractivity contribution in [2.45, 2.75) is 44.2 Å². The maximum Gasteiger partial charge on any atom is 0.0558 e. The number of aliphatic hydroxyl groups excluding tert-OH is 1. The number of nitrogens with zero attached hydrogens (tertiary/aromatic N) is 1. The van der Waals surface area contributed by atoms with E-state index in [1.807, 2.05) is 0 Å². The second kappa shape index (κ2) is 8.57. The Hall–Kier alpha value is -0.510. The van der Waals surface area contributed by atoms with Gasteiger partial charge in [0.15, 0.2) is 0 Å². The van der Waals surface area contributed by atoms with Crippen molar-refractivity contribution in [2.24, 2.45) is 0 Å². The average Bonchev–Trinajstić information content (AvgIpc) is 2.41. The third-order valence-corrected chi connectivity index (χ3v) is 4.13. The van der Waals surface area contributed by atoms with Crippen LogP contribution in [0.3, 0.4) is 0 Å². The van der Waals surface area contributed by atoms with Crippen LogP contribution in [-0.2, 0) is 6.54 Å². The molecule has 0 heterocycles. The van der Waals surface area contributed by atoms with Gasteiger partial charge in [0, 0.05) is 24.0 Å². The van der Waals surface area contributed by atoms with E-state index in [0.717, 1.165) is 25.9 Å². The van der Waals surface area contributed by atoms with Crippen molar-refractivity contribution in [3.05, 3.63) is 29.8 Å². The molecule has 1 aromatic rings. The Morgan fingerprint density at radius 2 is 1.78 bits per heavy atom. The molecule has 0 fully saturated rings. The second-order valence-electron chi connectivity index (χ2n) is 4.51. The van der Waals surface area contributed by atoms with Crippen molar-refractivity contribution >= 4 is 11.8 Å². The average molecular weight is 267 g/mol. The van der Waals surface area contributed by atoms with E-state index in [-0.39, 0.29) is 6.61 Å². The molecule has 1 aromatic carbocycles. The SMILES string of the molecule is CCC(CC)N(CCO)Cc1ccc(SC)cc1. The molecule has 0 saturated carbocycles. The summed E-state index contributed by atoms with van der Waals surface area (Å²) in [6.45, 7) is 6.36. The van der Waals surface area contributed by atoms with Crippen LogP contribution in [0, 0.1) is 0 Å². The molecule has 3 heteroatoms. The van der Waals surface area contributed by atoms with E-state index in [1.165, 1.54) is 10.5 Å². The summed E-state index contributed by atoms with van der Waals surface area (Å²) >= 11 is 1.77.